The summed E-state index contributed by atoms with van der Waals surface area (Å²) >= 11 is 0. The molecule has 0 aliphatic carbocycles. The van der Waals surface area contributed by atoms with Crippen LogP contribution in [0.4, 0.5) is 0 Å². The molecule has 6 heteroatoms. The summed E-state index contributed by atoms with van der Waals surface area (Å²) in [5, 5.41) is 6.61. The van der Waals surface area contributed by atoms with Gasteiger partial charge in [-0.3, -0.25) is 4.99 Å². The van der Waals surface area contributed by atoms with Gasteiger partial charge in [-0.15, -0.1) is 0 Å². The third-order valence-corrected chi connectivity index (χ3v) is 3.56. The summed E-state index contributed by atoms with van der Waals surface area (Å²) in [4.78, 5) is 4.25. The predicted octanol–water partition coefficient (Wildman–Crippen LogP) is 2.30. The minimum Gasteiger partial charge on any atom is -0.493 e. The third kappa shape index (κ3) is 4.94. The highest BCUT2D eigenvalue weighted by molar-refractivity contribution is 5.79. The maximum atomic E-state index is 5.61. The van der Waals surface area contributed by atoms with Crippen LogP contribution in [0.15, 0.2) is 41.7 Å². The van der Waals surface area contributed by atoms with E-state index in [9.17, 15) is 0 Å². The molecule has 1 heterocycles. The number of hydrogen-bond acceptors (Lipinski definition) is 3. The minimum atomic E-state index is 0.605. The molecule has 0 radical (unpaired) electrons. The van der Waals surface area contributed by atoms with E-state index in [0.717, 1.165) is 29.6 Å². The predicted molar refractivity (Wildman–Crippen MR) is 96.6 cm³/mol. The second kappa shape index (κ2) is 8.86. The van der Waals surface area contributed by atoms with Gasteiger partial charge in [-0.25, -0.2) is 0 Å². The van der Waals surface area contributed by atoms with Crippen LogP contribution >= 0.6 is 0 Å². The molecule has 0 atom stereocenters. The maximum absolute atomic E-state index is 5.61. The standard InChI is InChI=1S/C18H26N4O2/c1-5-24-17-10-14(6-7-16(17)23-4)11-20-18(19-2)21-12-15-8-9-22(3)13-15/h6-10,13H,5,11-12H2,1-4H3,(H2,19,20,21). The highest BCUT2D eigenvalue weighted by Crippen LogP contribution is 2.27. The second-order valence-corrected chi connectivity index (χ2v) is 5.38. The first-order chi connectivity index (χ1) is 11.7. The molecule has 0 saturated carbocycles. The SMILES string of the molecule is CCOc1cc(CNC(=NC)NCc2ccn(C)c2)ccc1OC. The highest BCUT2D eigenvalue weighted by atomic mass is 16.5. The lowest BCUT2D eigenvalue weighted by molar-refractivity contribution is 0.310. The Kier molecular flexibility index (Phi) is 6.54. The van der Waals surface area contributed by atoms with Gasteiger partial charge < -0.3 is 24.7 Å². The van der Waals surface area contributed by atoms with Crippen molar-refractivity contribution in [1.29, 1.82) is 0 Å². The van der Waals surface area contributed by atoms with Gasteiger partial charge in [-0.05, 0) is 36.2 Å². The van der Waals surface area contributed by atoms with Crippen molar-refractivity contribution in [2.45, 2.75) is 20.0 Å². The molecule has 0 aliphatic heterocycles. The Labute approximate surface area is 143 Å². The van der Waals surface area contributed by atoms with Crippen LogP contribution in [-0.4, -0.2) is 31.3 Å². The van der Waals surface area contributed by atoms with E-state index in [1.54, 1.807) is 14.2 Å². The third-order valence-electron chi connectivity index (χ3n) is 3.56. The maximum Gasteiger partial charge on any atom is 0.191 e. The first-order valence-electron chi connectivity index (χ1n) is 8.01. The number of aliphatic imine (C=N–C) groups is 1. The molecule has 1 aromatic carbocycles. The molecule has 0 fully saturated rings. The van der Waals surface area contributed by atoms with Crippen LogP contribution in [0.3, 0.4) is 0 Å². The lowest BCUT2D eigenvalue weighted by Crippen LogP contribution is -2.36. The van der Waals surface area contributed by atoms with E-state index < -0.39 is 0 Å². The molecule has 0 amide bonds. The number of aryl methyl sites for hydroxylation is 1. The fourth-order valence-electron chi connectivity index (χ4n) is 2.36. The monoisotopic (exact) mass is 330 g/mol. The van der Waals surface area contributed by atoms with E-state index in [4.69, 9.17) is 9.47 Å². The Balaban J connectivity index is 1.91. The number of benzene rings is 1. The summed E-state index contributed by atoms with van der Waals surface area (Å²) in [6.45, 7) is 3.94. The Bertz CT molecular complexity index is 679. The van der Waals surface area contributed by atoms with Crippen molar-refractivity contribution in [3.63, 3.8) is 0 Å². The van der Waals surface area contributed by atoms with Gasteiger partial charge in [0.05, 0.1) is 13.7 Å². The van der Waals surface area contributed by atoms with Gasteiger partial charge in [-0.2, -0.15) is 0 Å². The molecule has 1 aromatic heterocycles. The van der Waals surface area contributed by atoms with Crippen molar-refractivity contribution in [2.24, 2.45) is 12.0 Å². The summed E-state index contributed by atoms with van der Waals surface area (Å²) in [7, 11) is 5.42. The van der Waals surface area contributed by atoms with E-state index in [1.807, 2.05) is 42.9 Å². The Morgan fingerprint density at radius 3 is 2.46 bits per heavy atom. The summed E-state index contributed by atoms with van der Waals surface area (Å²) in [6, 6.07) is 8.00. The summed E-state index contributed by atoms with van der Waals surface area (Å²) < 4.78 is 12.9. The van der Waals surface area contributed by atoms with E-state index in [0.29, 0.717) is 13.2 Å². The van der Waals surface area contributed by atoms with Crippen molar-refractivity contribution < 1.29 is 9.47 Å². The van der Waals surface area contributed by atoms with Crippen molar-refractivity contribution >= 4 is 5.96 Å². The fraction of sp³-hybridized carbons (Fsp3) is 0.389. The lowest BCUT2D eigenvalue weighted by Gasteiger charge is -2.14. The second-order valence-electron chi connectivity index (χ2n) is 5.38. The number of nitrogens with zero attached hydrogens (tertiary/aromatic N) is 2. The van der Waals surface area contributed by atoms with Gasteiger partial charge in [-0.1, -0.05) is 6.07 Å². The van der Waals surface area contributed by atoms with Gasteiger partial charge in [0.25, 0.3) is 0 Å². The molecule has 24 heavy (non-hydrogen) atoms. The molecule has 0 unspecified atom stereocenters. The van der Waals surface area contributed by atoms with Crippen molar-refractivity contribution in [3.05, 3.63) is 47.8 Å². The van der Waals surface area contributed by atoms with Gasteiger partial charge in [0.15, 0.2) is 17.5 Å². The molecule has 0 bridgehead atoms. The number of ether oxygens (including phenoxy) is 2. The molecule has 2 N–H and O–H groups in total. The quantitative estimate of drug-likeness (QED) is 0.604. The van der Waals surface area contributed by atoms with Crippen LogP contribution < -0.4 is 20.1 Å². The minimum absolute atomic E-state index is 0.605. The summed E-state index contributed by atoms with van der Waals surface area (Å²) in [5.74, 6) is 2.26. The van der Waals surface area contributed by atoms with Crippen LogP contribution in [0, 0.1) is 0 Å². The highest BCUT2D eigenvalue weighted by Gasteiger charge is 2.06. The Morgan fingerprint density at radius 2 is 1.88 bits per heavy atom. The zero-order chi connectivity index (χ0) is 17.4. The number of aromatic nitrogens is 1. The largest absolute Gasteiger partial charge is 0.493 e. The average Bonchev–Trinajstić information content (AvgIpc) is 3.01. The topological polar surface area (TPSA) is 59.8 Å². The van der Waals surface area contributed by atoms with Crippen molar-refractivity contribution in [1.82, 2.24) is 15.2 Å². The molecular weight excluding hydrogens is 304 g/mol. The first-order valence-corrected chi connectivity index (χ1v) is 8.01. The normalized spacial score (nSPS) is 11.2. The smallest absolute Gasteiger partial charge is 0.191 e. The molecule has 0 aliphatic rings. The lowest BCUT2D eigenvalue weighted by atomic mass is 10.2. The number of nitrogens with one attached hydrogen (secondary N) is 2. The van der Waals surface area contributed by atoms with E-state index >= 15 is 0 Å². The molecule has 2 rings (SSSR count). The Morgan fingerprint density at radius 1 is 1.12 bits per heavy atom. The van der Waals surface area contributed by atoms with Gasteiger partial charge in [0.1, 0.15) is 0 Å². The van der Waals surface area contributed by atoms with Crippen LogP contribution in [0.25, 0.3) is 0 Å². The van der Waals surface area contributed by atoms with Crippen molar-refractivity contribution in [2.75, 3.05) is 20.8 Å². The number of methoxy groups -OCH3 is 1. The van der Waals surface area contributed by atoms with Gasteiger partial charge in [0.2, 0.25) is 0 Å². The van der Waals surface area contributed by atoms with Crippen LogP contribution in [-0.2, 0) is 20.1 Å². The van der Waals surface area contributed by atoms with Gasteiger partial charge >= 0.3 is 0 Å². The molecular formula is C18H26N4O2. The molecule has 0 saturated heterocycles. The summed E-state index contributed by atoms with van der Waals surface area (Å²) in [6.07, 6.45) is 4.11. The number of rotatable bonds is 7. The fourth-order valence-corrected chi connectivity index (χ4v) is 2.36. The number of guanidine groups is 1. The van der Waals surface area contributed by atoms with E-state index in [-0.39, 0.29) is 0 Å². The molecule has 6 nitrogen and oxygen atoms in total. The molecule has 130 valence electrons. The Hall–Kier alpha value is -2.63. The summed E-state index contributed by atoms with van der Waals surface area (Å²) in [5.41, 5.74) is 2.31. The van der Waals surface area contributed by atoms with Crippen LogP contribution in [0.5, 0.6) is 11.5 Å². The molecule has 0 spiro atoms. The van der Waals surface area contributed by atoms with Crippen LogP contribution in [0.2, 0.25) is 0 Å². The zero-order valence-electron chi connectivity index (χ0n) is 14.8. The van der Waals surface area contributed by atoms with Crippen molar-refractivity contribution in [3.8, 4) is 11.5 Å². The average molecular weight is 330 g/mol. The zero-order valence-corrected chi connectivity index (χ0v) is 14.8. The van der Waals surface area contributed by atoms with Gasteiger partial charge in [0, 0.05) is 39.6 Å². The number of hydrogen-bond donors (Lipinski definition) is 2. The van der Waals surface area contributed by atoms with E-state index in [1.165, 1.54) is 5.56 Å². The first kappa shape index (κ1) is 17.7. The molecule has 2 aromatic rings. The van der Waals surface area contributed by atoms with E-state index in [2.05, 4.69) is 27.9 Å². The van der Waals surface area contributed by atoms with Crippen LogP contribution in [0.1, 0.15) is 18.1 Å².